The molecule has 4 fully saturated rings. The number of rotatable bonds is 4. The highest BCUT2D eigenvalue weighted by molar-refractivity contribution is 5.76. The summed E-state index contributed by atoms with van der Waals surface area (Å²) in [6.45, 7) is 0.312. The van der Waals surface area contributed by atoms with Gasteiger partial charge in [0.2, 0.25) is 5.91 Å². The molecule has 1 amide bonds. The zero-order chi connectivity index (χ0) is 13.5. The number of terminal acetylenes is 1. The Labute approximate surface area is 115 Å². The van der Waals surface area contributed by atoms with Crippen LogP contribution in [0.4, 0.5) is 0 Å². The van der Waals surface area contributed by atoms with Crippen LogP contribution in [0.1, 0.15) is 44.9 Å². The van der Waals surface area contributed by atoms with Crippen molar-refractivity contribution >= 4 is 5.91 Å². The lowest BCUT2D eigenvalue weighted by atomic mass is 9.47. The van der Waals surface area contributed by atoms with Gasteiger partial charge in [-0.25, -0.2) is 0 Å². The number of carbonyl (C=O) groups is 1. The molecule has 3 N–H and O–H groups in total. The summed E-state index contributed by atoms with van der Waals surface area (Å²) in [5, 5.41) is 2.74. The molecule has 0 radical (unpaired) electrons. The zero-order valence-corrected chi connectivity index (χ0v) is 11.5. The first-order valence-corrected chi connectivity index (χ1v) is 7.57. The summed E-state index contributed by atoms with van der Waals surface area (Å²) in [5.74, 6) is 5.09. The molecule has 0 spiro atoms. The van der Waals surface area contributed by atoms with Gasteiger partial charge in [0.25, 0.3) is 0 Å². The molecule has 104 valence electrons. The Balaban J connectivity index is 1.64. The number of nitrogens with two attached hydrogens (primary N) is 1. The average molecular weight is 260 g/mol. The van der Waals surface area contributed by atoms with Gasteiger partial charge in [0.1, 0.15) is 0 Å². The van der Waals surface area contributed by atoms with E-state index in [9.17, 15) is 4.79 Å². The van der Waals surface area contributed by atoms with E-state index in [1.807, 2.05) is 0 Å². The molecular formula is C16H24N2O. The van der Waals surface area contributed by atoms with Gasteiger partial charge in [-0.15, -0.1) is 6.42 Å². The lowest BCUT2D eigenvalue weighted by Gasteiger charge is -2.58. The van der Waals surface area contributed by atoms with E-state index in [0.29, 0.717) is 13.0 Å². The van der Waals surface area contributed by atoms with Crippen LogP contribution in [-0.2, 0) is 4.79 Å². The highest BCUT2D eigenvalue weighted by Crippen LogP contribution is 2.61. The highest BCUT2D eigenvalue weighted by atomic mass is 16.1. The largest absolute Gasteiger partial charge is 0.345 e. The van der Waals surface area contributed by atoms with Crippen LogP contribution in [-0.4, -0.2) is 18.5 Å². The molecule has 4 aliphatic carbocycles. The van der Waals surface area contributed by atoms with E-state index in [4.69, 9.17) is 12.2 Å². The molecule has 0 heterocycles. The Morgan fingerprint density at radius 3 is 2.26 bits per heavy atom. The molecule has 0 aromatic heterocycles. The predicted molar refractivity (Wildman–Crippen MR) is 75.0 cm³/mol. The molecule has 4 aliphatic rings. The van der Waals surface area contributed by atoms with E-state index >= 15 is 0 Å². The Bertz CT molecular complexity index is 374. The van der Waals surface area contributed by atoms with Gasteiger partial charge in [-0.3, -0.25) is 4.79 Å². The van der Waals surface area contributed by atoms with Crippen molar-refractivity contribution in [2.75, 3.05) is 6.54 Å². The van der Waals surface area contributed by atoms with Gasteiger partial charge in [-0.1, -0.05) is 5.92 Å². The Kier molecular flexibility index (Phi) is 3.30. The summed E-state index contributed by atoms with van der Waals surface area (Å²) >= 11 is 0. The number of amides is 1. The van der Waals surface area contributed by atoms with E-state index in [-0.39, 0.29) is 17.4 Å². The summed E-state index contributed by atoms with van der Waals surface area (Å²) in [7, 11) is 0. The number of hydrogen-bond acceptors (Lipinski definition) is 2. The smallest absolute Gasteiger partial charge is 0.222 e. The molecule has 4 saturated carbocycles. The second-order valence-corrected chi connectivity index (χ2v) is 7.07. The third-order valence-electron chi connectivity index (χ3n) is 5.67. The first kappa shape index (κ1) is 13.0. The molecule has 4 bridgehead atoms. The van der Waals surface area contributed by atoms with Crippen LogP contribution in [0.5, 0.6) is 0 Å². The molecular weight excluding hydrogens is 236 g/mol. The molecule has 4 rings (SSSR count). The maximum Gasteiger partial charge on any atom is 0.222 e. The topological polar surface area (TPSA) is 55.1 Å². The van der Waals surface area contributed by atoms with Crippen LogP contribution in [0.25, 0.3) is 0 Å². The molecule has 3 nitrogen and oxygen atoms in total. The summed E-state index contributed by atoms with van der Waals surface area (Å²) in [4.78, 5) is 11.8. The normalized spacial score (nSPS) is 40.7. The number of carbonyl (C=O) groups excluding carboxylic acids is 1. The first-order chi connectivity index (χ1) is 9.11. The molecule has 1 unspecified atom stereocenters. The van der Waals surface area contributed by atoms with Crippen molar-refractivity contribution in [1.82, 2.24) is 5.32 Å². The monoisotopic (exact) mass is 260 g/mol. The molecule has 3 heteroatoms. The van der Waals surface area contributed by atoms with Gasteiger partial charge < -0.3 is 11.1 Å². The molecule has 0 aromatic carbocycles. The quantitative estimate of drug-likeness (QED) is 0.755. The fourth-order valence-corrected chi connectivity index (χ4v) is 5.27. The van der Waals surface area contributed by atoms with Gasteiger partial charge in [0.05, 0.1) is 6.54 Å². The number of hydrogen-bond donors (Lipinski definition) is 2. The maximum atomic E-state index is 11.8. The van der Waals surface area contributed by atoms with Crippen molar-refractivity contribution in [3.8, 4) is 12.3 Å². The second-order valence-electron chi connectivity index (χ2n) is 7.07. The standard InChI is InChI=1S/C16H24N2O/c1-2-3-18-15(19)7-14(17)16-8-11-4-12(9-16)6-13(5-11)10-16/h1,11-14H,3-10,17H2,(H,18,19). The highest BCUT2D eigenvalue weighted by Gasteiger charge is 2.53. The minimum atomic E-state index is 0.0127. The van der Waals surface area contributed by atoms with Crippen LogP contribution >= 0.6 is 0 Å². The van der Waals surface area contributed by atoms with Gasteiger partial charge in [-0.05, 0) is 61.7 Å². The van der Waals surface area contributed by atoms with Crippen LogP contribution in [0.15, 0.2) is 0 Å². The van der Waals surface area contributed by atoms with E-state index in [1.54, 1.807) is 0 Å². The Hall–Kier alpha value is -1.01. The lowest BCUT2D eigenvalue weighted by Crippen LogP contribution is -2.55. The van der Waals surface area contributed by atoms with Gasteiger partial charge >= 0.3 is 0 Å². The average Bonchev–Trinajstić information content (AvgIpc) is 2.34. The molecule has 19 heavy (non-hydrogen) atoms. The summed E-state index contributed by atoms with van der Waals surface area (Å²) in [6, 6.07) is 0.0127. The van der Waals surface area contributed by atoms with Crippen molar-refractivity contribution in [3.63, 3.8) is 0 Å². The van der Waals surface area contributed by atoms with Crippen molar-refractivity contribution in [1.29, 1.82) is 0 Å². The fraction of sp³-hybridized carbons (Fsp3) is 0.812. The minimum absolute atomic E-state index is 0.0127. The van der Waals surface area contributed by atoms with Crippen molar-refractivity contribution in [3.05, 3.63) is 0 Å². The van der Waals surface area contributed by atoms with E-state index in [0.717, 1.165) is 17.8 Å². The SMILES string of the molecule is C#CCNC(=O)CC(N)C12CC3CC(CC(C3)C1)C2. The van der Waals surface area contributed by atoms with E-state index in [1.165, 1.54) is 38.5 Å². The third-order valence-corrected chi connectivity index (χ3v) is 5.67. The van der Waals surface area contributed by atoms with Crippen LogP contribution in [0, 0.1) is 35.5 Å². The van der Waals surface area contributed by atoms with E-state index in [2.05, 4.69) is 11.2 Å². The van der Waals surface area contributed by atoms with Gasteiger partial charge in [-0.2, -0.15) is 0 Å². The molecule has 0 aromatic rings. The summed E-state index contributed by atoms with van der Waals surface area (Å²) < 4.78 is 0. The second kappa shape index (κ2) is 4.83. The summed E-state index contributed by atoms with van der Waals surface area (Å²) in [5.41, 5.74) is 6.69. The zero-order valence-electron chi connectivity index (χ0n) is 11.5. The van der Waals surface area contributed by atoms with Gasteiger partial charge in [0.15, 0.2) is 0 Å². The van der Waals surface area contributed by atoms with Crippen LogP contribution < -0.4 is 11.1 Å². The Morgan fingerprint density at radius 1 is 1.26 bits per heavy atom. The van der Waals surface area contributed by atoms with Crippen molar-refractivity contribution in [2.45, 2.75) is 51.0 Å². The first-order valence-electron chi connectivity index (χ1n) is 7.57. The Morgan fingerprint density at radius 2 is 1.79 bits per heavy atom. The molecule has 0 saturated heterocycles. The lowest BCUT2D eigenvalue weighted by molar-refractivity contribution is -0.124. The van der Waals surface area contributed by atoms with E-state index < -0.39 is 0 Å². The maximum absolute atomic E-state index is 11.8. The van der Waals surface area contributed by atoms with Crippen LogP contribution in [0.2, 0.25) is 0 Å². The number of nitrogens with one attached hydrogen (secondary N) is 1. The minimum Gasteiger partial charge on any atom is -0.345 e. The fourth-order valence-electron chi connectivity index (χ4n) is 5.27. The molecule has 1 atom stereocenters. The van der Waals surface area contributed by atoms with Gasteiger partial charge in [0, 0.05) is 12.5 Å². The van der Waals surface area contributed by atoms with Crippen molar-refractivity contribution in [2.24, 2.45) is 28.9 Å². The predicted octanol–water partition coefficient (Wildman–Crippen LogP) is 1.67. The van der Waals surface area contributed by atoms with Crippen molar-refractivity contribution < 1.29 is 4.79 Å². The summed E-state index contributed by atoms with van der Waals surface area (Å²) in [6.07, 6.45) is 13.6. The molecule has 0 aliphatic heterocycles. The van der Waals surface area contributed by atoms with Crippen LogP contribution in [0.3, 0.4) is 0 Å². The third kappa shape index (κ3) is 2.39.